The molecule has 0 spiro atoms. The van der Waals surface area contributed by atoms with Gasteiger partial charge in [-0.25, -0.2) is 9.79 Å². The van der Waals surface area contributed by atoms with Gasteiger partial charge in [-0.3, -0.25) is 0 Å². The van der Waals surface area contributed by atoms with E-state index in [0.717, 1.165) is 55.3 Å². The van der Waals surface area contributed by atoms with E-state index in [1.807, 2.05) is 25.1 Å². The number of rotatable bonds is 8. The molecule has 33 heavy (non-hydrogen) atoms. The Balaban J connectivity index is 0.00000385. The first-order chi connectivity index (χ1) is 15.6. The first kappa shape index (κ1) is 27.3. The van der Waals surface area contributed by atoms with Gasteiger partial charge in [0.1, 0.15) is 0 Å². The van der Waals surface area contributed by atoms with Crippen LogP contribution in [0.5, 0.6) is 11.5 Å². The Kier molecular flexibility index (Phi) is 11.9. The molecule has 186 valence electrons. The highest BCUT2D eigenvalue weighted by Crippen LogP contribution is 2.32. The lowest BCUT2D eigenvalue weighted by atomic mass is 10.1. The Bertz CT molecular complexity index is 763. The number of carbonyl (C=O) groups excluding carboxylic acids is 1. The zero-order valence-corrected chi connectivity index (χ0v) is 22.4. The van der Waals surface area contributed by atoms with E-state index in [9.17, 15) is 4.79 Å². The molecule has 9 heteroatoms. The van der Waals surface area contributed by atoms with Crippen molar-refractivity contribution in [2.75, 3.05) is 33.4 Å². The molecule has 0 radical (unpaired) electrons. The van der Waals surface area contributed by atoms with Gasteiger partial charge in [0, 0.05) is 25.7 Å². The number of piperidine rings is 1. The predicted molar refractivity (Wildman–Crippen MR) is 141 cm³/mol. The van der Waals surface area contributed by atoms with E-state index < -0.39 is 0 Å². The van der Waals surface area contributed by atoms with Gasteiger partial charge < -0.3 is 29.7 Å². The van der Waals surface area contributed by atoms with Gasteiger partial charge in [-0.2, -0.15) is 0 Å². The van der Waals surface area contributed by atoms with Crippen molar-refractivity contribution in [3.8, 4) is 11.5 Å². The first-order valence-corrected chi connectivity index (χ1v) is 11.9. The SMILES string of the molecule is CCNC(=NCc1ccc(OC)c(OC2CCCC2)c1)NC1CCN(C(=O)OCC)CC1.I. The van der Waals surface area contributed by atoms with Gasteiger partial charge in [0.25, 0.3) is 0 Å². The summed E-state index contributed by atoms with van der Waals surface area (Å²) in [5.74, 6) is 2.36. The van der Waals surface area contributed by atoms with E-state index in [2.05, 4.69) is 17.6 Å². The fraction of sp³-hybridized carbons (Fsp3) is 0.667. The van der Waals surface area contributed by atoms with Gasteiger partial charge >= 0.3 is 6.09 Å². The number of aliphatic imine (C=N–C) groups is 1. The first-order valence-electron chi connectivity index (χ1n) is 11.9. The summed E-state index contributed by atoms with van der Waals surface area (Å²) in [6, 6.07) is 6.31. The van der Waals surface area contributed by atoms with E-state index in [0.29, 0.717) is 26.2 Å². The number of ether oxygens (including phenoxy) is 3. The highest BCUT2D eigenvalue weighted by Gasteiger charge is 2.24. The number of amides is 1. The normalized spacial score (nSPS) is 17.3. The van der Waals surface area contributed by atoms with Gasteiger partial charge in [-0.1, -0.05) is 6.07 Å². The third-order valence-corrected chi connectivity index (χ3v) is 5.95. The average molecular weight is 575 g/mol. The predicted octanol–water partition coefficient (Wildman–Crippen LogP) is 4.31. The second-order valence-electron chi connectivity index (χ2n) is 8.31. The van der Waals surface area contributed by atoms with Crippen LogP contribution in [0.3, 0.4) is 0 Å². The van der Waals surface area contributed by atoms with E-state index >= 15 is 0 Å². The number of hydrogen-bond donors (Lipinski definition) is 2. The van der Waals surface area contributed by atoms with Gasteiger partial charge in [-0.15, -0.1) is 24.0 Å². The molecule has 0 aromatic heterocycles. The fourth-order valence-electron chi connectivity index (χ4n) is 4.20. The molecule has 0 atom stereocenters. The van der Waals surface area contributed by atoms with E-state index in [-0.39, 0.29) is 42.2 Å². The molecule has 1 aromatic carbocycles. The Labute approximate surface area is 214 Å². The van der Waals surface area contributed by atoms with Crippen LogP contribution in [0.15, 0.2) is 23.2 Å². The lowest BCUT2D eigenvalue weighted by molar-refractivity contribution is 0.0963. The topological polar surface area (TPSA) is 84.4 Å². The summed E-state index contributed by atoms with van der Waals surface area (Å²) in [5.41, 5.74) is 1.08. The van der Waals surface area contributed by atoms with Gasteiger partial charge in [0.2, 0.25) is 0 Å². The van der Waals surface area contributed by atoms with Crippen LogP contribution in [-0.2, 0) is 11.3 Å². The summed E-state index contributed by atoms with van der Waals surface area (Å²) in [5, 5.41) is 6.85. The van der Waals surface area contributed by atoms with Crippen molar-refractivity contribution in [3.63, 3.8) is 0 Å². The molecule has 1 aromatic rings. The zero-order valence-electron chi connectivity index (χ0n) is 20.1. The summed E-state index contributed by atoms with van der Waals surface area (Å²) in [6.07, 6.45) is 6.46. The number of guanidine groups is 1. The van der Waals surface area contributed by atoms with Crippen LogP contribution in [-0.4, -0.2) is 62.4 Å². The van der Waals surface area contributed by atoms with Crippen LogP contribution in [0.1, 0.15) is 57.9 Å². The Morgan fingerprint density at radius 3 is 2.48 bits per heavy atom. The van der Waals surface area contributed by atoms with Crippen LogP contribution in [0.2, 0.25) is 0 Å². The monoisotopic (exact) mass is 574 g/mol. The number of benzene rings is 1. The molecule has 2 fully saturated rings. The third-order valence-electron chi connectivity index (χ3n) is 5.95. The number of hydrogen-bond acceptors (Lipinski definition) is 5. The second-order valence-corrected chi connectivity index (χ2v) is 8.31. The molecule has 1 amide bonds. The molecular formula is C24H39IN4O4. The number of nitrogens with zero attached hydrogens (tertiary/aromatic N) is 2. The zero-order chi connectivity index (χ0) is 22.8. The van der Waals surface area contributed by atoms with E-state index in [4.69, 9.17) is 19.2 Å². The summed E-state index contributed by atoms with van der Waals surface area (Å²) < 4.78 is 16.8. The van der Waals surface area contributed by atoms with Crippen LogP contribution < -0.4 is 20.1 Å². The fourth-order valence-corrected chi connectivity index (χ4v) is 4.20. The molecular weight excluding hydrogens is 535 g/mol. The average Bonchev–Trinajstić information content (AvgIpc) is 3.31. The standard InChI is InChI=1S/C24H38N4O4.HI/c1-4-25-23(27-19-12-14-28(15-13-19)24(29)31-5-2)26-17-18-10-11-21(30-3)22(16-18)32-20-8-6-7-9-20;/h10-11,16,19-20H,4-9,12-15,17H2,1-3H3,(H2,25,26,27);1H. The Hall–Kier alpha value is -1.91. The molecule has 8 nitrogen and oxygen atoms in total. The molecule has 1 saturated carbocycles. The maximum Gasteiger partial charge on any atom is 0.409 e. The number of likely N-dealkylation sites (tertiary alicyclic amines) is 1. The molecule has 1 heterocycles. The molecule has 3 rings (SSSR count). The highest BCUT2D eigenvalue weighted by molar-refractivity contribution is 14.0. The van der Waals surface area contributed by atoms with Crippen molar-refractivity contribution in [3.05, 3.63) is 23.8 Å². The van der Waals surface area contributed by atoms with Crippen LogP contribution >= 0.6 is 24.0 Å². The molecule has 2 N–H and O–H groups in total. The quantitative estimate of drug-likeness (QED) is 0.274. The maximum absolute atomic E-state index is 11.9. The maximum atomic E-state index is 11.9. The number of halogens is 1. The molecule has 1 saturated heterocycles. The van der Waals surface area contributed by atoms with Crippen molar-refractivity contribution < 1.29 is 19.0 Å². The van der Waals surface area contributed by atoms with Crippen LogP contribution in [0.25, 0.3) is 0 Å². The lowest BCUT2D eigenvalue weighted by Crippen LogP contribution is -2.49. The number of methoxy groups -OCH3 is 1. The van der Waals surface area contributed by atoms with Crippen LogP contribution in [0, 0.1) is 0 Å². The third kappa shape index (κ3) is 8.42. The minimum Gasteiger partial charge on any atom is -0.493 e. The molecule has 0 unspecified atom stereocenters. The van der Waals surface area contributed by atoms with Gasteiger partial charge in [0.05, 0.1) is 26.4 Å². The minimum atomic E-state index is -0.221. The van der Waals surface area contributed by atoms with Gasteiger partial charge in [-0.05, 0) is 70.1 Å². The Morgan fingerprint density at radius 2 is 1.85 bits per heavy atom. The van der Waals surface area contributed by atoms with E-state index in [1.54, 1.807) is 12.0 Å². The van der Waals surface area contributed by atoms with Crippen molar-refractivity contribution in [1.82, 2.24) is 15.5 Å². The van der Waals surface area contributed by atoms with E-state index in [1.165, 1.54) is 12.8 Å². The molecule has 1 aliphatic carbocycles. The highest BCUT2D eigenvalue weighted by atomic mass is 127. The summed E-state index contributed by atoms with van der Waals surface area (Å²) >= 11 is 0. The lowest BCUT2D eigenvalue weighted by Gasteiger charge is -2.32. The Morgan fingerprint density at radius 1 is 1.12 bits per heavy atom. The molecule has 2 aliphatic rings. The smallest absolute Gasteiger partial charge is 0.409 e. The summed E-state index contributed by atoms with van der Waals surface area (Å²) in [4.78, 5) is 18.5. The van der Waals surface area contributed by atoms with Crippen molar-refractivity contribution in [2.24, 2.45) is 4.99 Å². The second kappa shape index (κ2) is 14.4. The van der Waals surface area contributed by atoms with Crippen LogP contribution in [0.4, 0.5) is 4.79 Å². The largest absolute Gasteiger partial charge is 0.493 e. The van der Waals surface area contributed by atoms with Crippen molar-refractivity contribution >= 4 is 36.0 Å². The number of carbonyl (C=O) groups is 1. The summed E-state index contributed by atoms with van der Waals surface area (Å²) in [7, 11) is 1.68. The molecule has 1 aliphatic heterocycles. The van der Waals surface area contributed by atoms with Crippen molar-refractivity contribution in [2.45, 2.75) is 71.1 Å². The molecule has 0 bridgehead atoms. The van der Waals surface area contributed by atoms with Crippen molar-refractivity contribution in [1.29, 1.82) is 0 Å². The van der Waals surface area contributed by atoms with Gasteiger partial charge in [0.15, 0.2) is 17.5 Å². The minimum absolute atomic E-state index is 0. The number of nitrogens with one attached hydrogen (secondary N) is 2. The summed E-state index contributed by atoms with van der Waals surface area (Å²) in [6.45, 7) is 7.01.